The van der Waals surface area contributed by atoms with Gasteiger partial charge in [0, 0.05) is 39.3 Å². The highest BCUT2D eigenvalue weighted by molar-refractivity contribution is 4.65. The fraction of sp³-hybridized carbons (Fsp3) is 1.00. The monoisotopic (exact) mass is 903 g/mol. The first-order chi connectivity index (χ1) is 31.7. The van der Waals surface area contributed by atoms with Crippen LogP contribution in [0, 0.1) is 11.8 Å². The fourth-order valence-electron chi connectivity index (χ4n) is 10.0. The molecule has 0 radical (unpaired) electrons. The maximum absolute atomic E-state index is 3.67. The second-order valence-electron chi connectivity index (χ2n) is 21.3. The van der Waals surface area contributed by atoms with Crippen molar-refractivity contribution in [3.05, 3.63) is 0 Å². The average molecular weight is 904 g/mol. The molecule has 4 nitrogen and oxygen atoms in total. The quantitative estimate of drug-likeness (QED) is 0.0460. The Balaban J connectivity index is 3.79. The van der Waals surface area contributed by atoms with Gasteiger partial charge in [0.15, 0.2) is 0 Å². The SMILES string of the molecule is CCCCCCCCCCCCCCNCCNCCNCCNCCCCCCCCCC(CCCCCCCCCCCCC)CCC(C)CCCCCCCCCCCCC. The van der Waals surface area contributed by atoms with Crippen molar-refractivity contribution in [1.82, 2.24) is 21.3 Å². The summed E-state index contributed by atoms with van der Waals surface area (Å²) in [5, 5.41) is 14.5. The second kappa shape index (κ2) is 59.0. The minimum absolute atomic E-state index is 0.933. The summed E-state index contributed by atoms with van der Waals surface area (Å²) in [6.07, 6.45) is 66.9. The van der Waals surface area contributed by atoms with E-state index in [0.29, 0.717) is 0 Å². The van der Waals surface area contributed by atoms with Gasteiger partial charge in [0.05, 0.1) is 0 Å². The summed E-state index contributed by atoms with van der Waals surface area (Å²) in [5.41, 5.74) is 0. The fourth-order valence-corrected chi connectivity index (χ4v) is 10.0. The van der Waals surface area contributed by atoms with Gasteiger partial charge < -0.3 is 21.3 Å². The van der Waals surface area contributed by atoms with E-state index in [1.54, 1.807) is 0 Å². The van der Waals surface area contributed by atoms with Gasteiger partial charge in [-0.1, -0.05) is 310 Å². The highest BCUT2D eigenvalue weighted by atomic mass is 15.0. The minimum Gasteiger partial charge on any atom is -0.315 e. The van der Waals surface area contributed by atoms with E-state index in [1.165, 1.54) is 308 Å². The van der Waals surface area contributed by atoms with E-state index >= 15 is 0 Å². The zero-order valence-corrected chi connectivity index (χ0v) is 45.3. The number of rotatable bonds is 59. The zero-order chi connectivity index (χ0) is 46.2. The smallest absolute Gasteiger partial charge is 0.00772 e. The first kappa shape index (κ1) is 63.8. The summed E-state index contributed by atoms with van der Waals surface area (Å²) in [4.78, 5) is 0. The van der Waals surface area contributed by atoms with E-state index in [4.69, 9.17) is 0 Å². The Labute approximate surface area is 406 Å². The number of hydrogen-bond acceptors (Lipinski definition) is 4. The molecule has 0 rings (SSSR count). The highest BCUT2D eigenvalue weighted by Crippen LogP contribution is 2.27. The molecule has 0 aliphatic rings. The number of unbranched alkanes of at least 4 members (excludes halogenated alkanes) is 37. The van der Waals surface area contributed by atoms with Crippen LogP contribution in [-0.4, -0.2) is 52.4 Å². The van der Waals surface area contributed by atoms with Crippen LogP contribution in [0.4, 0.5) is 0 Å². The van der Waals surface area contributed by atoms with Crippen molar-refractivity contribution >= 4 is 0 Å². The maximum atomic E-state index is 3.67. The van der Waals surface area contributed by atoms with Gasteiger partial charge in [0.1, 0.15) is 0 Å². The molecule has 0 aliphatic heterocycles. The Hall–Kier alpha value is -0.160. The highest BCUT2D eigenvalue weighted by Gasteiger charge is 2.12. The van der Waals surface area contributed by atoms with Crippen molar-refractivity contribution < 1.29 is 0 Å². The van der Waals surface area contributed by atoms with E-state index in [1.807, 2.05) is 0 Å². The molecule has 0 spiro atoms. The van der Waals surface area contributed by atoms with Crippen LogP contribution in [0.15, 0.2) is 0 Å². The molecule has 64 heavy (non-hydrogen) atoms. The number of hydrogen-bond donors (Lipinski definition) is 4. The van der Waals surface area contributed by atoms with Gasteiger partial charge in [-0.15, -0.1) is 0 Å². The number of nitrogens with one attached hydrogen (secondary N) is 4. The topological polar surface area (TPSA) is 48.1 Å². The average Bonchev–Trinajstić information content (AvgIpc) is 3.30. The van der Waals surface area contributed by atoms with E-state index < -0.39 is 0 Å². The summed E-state index contributed by atoms with van der Waals surface area (Å²) in [6, 6.07) is 0. The van der Waals surface area contributed by atoms with Crippen LogP contribution in [0.2, 0.25) is 0 Å². The lowest BCUT2D eigenvalue weighted by molar-refractivity contribution is 0.334. The summed E-state index contributed by atoms with van der Waals surface area (Å²) in [7, 11) is 0. The Morgan fingerprint density at radius 3 is 0.703 bits per heavy atom. The van der Waals surface area contributed by atoms with Crippen molar-refractivity contribution in [3.8, 4) is 0 Å². The molecule has 0 saturated carbocycles. The van der Waals surface area contributed by atoms with Crippen LogP contribution >= 0.6 is 0 Å². The van der Waals surface area contributed by atoms with Crippen LogP contribution < -0.4 is 21.3 Å². The molecular weight excluding hydrogens is 777 g/mol. The Bertz CT molecular complexity index is 790. The molecule has 0 saturated heterocycles. The van der Waals surface area contributed by atoms with Crippen LogP contribution in [-0.2, 0) is 0 Å². The van der Waals surface area contributed by atoms with Gasteiger partial charge in [-0.3, -0.25) is 0 Å². The van der Waals surface area contributed by atoms with Gasteiger partial charge in [0.2, 0.25) is 0 Å². The standard InChI is InChI=1S/C60H126N4/c1-5-8-11-14-17-20-23-26-29-34-39-44-51-61-53-55-63-57-58-64-56-54-62-52-45-40-35-30-33-38-43-48-60(47-42-37-32-28-25-22-19-16-13-10-7-3)50-49-59(4)46-41-36-31-27-24-21-18-15-12-9-6-2/h59-64H,5-58H2,1-4H3. The van der Waals surface area contributed by atoms with Gasteiger partial charge in [-0.2, -0.15) is 0 Å². The lowest BCUT2D eigenvalue weighted by Gasteiger charge is -2.20. The summed E-state index contributed by atoms with van der Waals surface area (Å²) >= 11 is 0. The van der Waals surface area contributed by atoms with E-state index in [2.05, 4.69) is 49.0 Å². The van der Waals surface area contributed by atoms with Crippen molar-refractivity contribution in [2.24, 2.45) is 11.8 Å². The third-order valence-corrected chi connectivity index (χ3v) is 14.7. The normalized spacial score (nSPS) is 12.8. The van der Waals surface area contributed by atoms with Crippen LogP contribution in [0.1, 0.15) is 323 Å². The molecule has 386 valence electrons. The second-order valence-corrected chi connectivity index (χ2v) is 21.3. The lowest BCUT2D eigenvalue weighted by Crippen LogP contribution is -2.35. The molecule has 0 heterocycles. The Morgan fingerprint density at radius 1 is 0.203 bits per heavy atom. The van der Waals surface area contributed by atoms with Crippen LogP contribution in [0.3, 0.4) is 0 Å². The Morgan fingerprint density at radius 2 is 0.422 bits per heavy atom. The molecule has 0 aromatic carbocycles. The summed E-state index contributed by atoms with van der Waals surface area (Å²) in [6.45, 7) is 18.4. The van der Waals surface area contributed by atoms with Gasteiger partial charge in [-0.05, 0) is 37.8 Å². The van der Waals surface area contributed by atoms with E-state index in [-0.39, 0.29) is 0 Å². The molecule has 0 aliphatic carbocycles. The van der Waals surface area contributed by atoms with Crippen molar-refractivity contribution in [1.29, 1.82) is 0 Å². The van der Waals surface area contributed by atoms with Gasteiger partial charge in [-0.25, -0.2) is 0 Å². The predicted octanol–water partition coefficient (Wildman–Crippen LogP) is 18.6. The van der Waals surface area contributed by atoms with Gasteiger partial charge >= 0.3 is 0 Å². The Kier molecular flexibility index (Phi) is 58.8. The van der Waals surface area contributed by atoms with Crippen LogP contribution in [0.25, 0.3) is 0 Å². The molecular formula is C60H126N4. The van der Waals surface area contributed by atoms with Gasteiger partial charge in [0.25, 0.3) is 0 Å². The summed E-state index contributed by atoms with van der Waals surface area (Å²) < 4.78 is 0. The summed E-state index contributed by atoms with van der Waals surface area (Å²) in [5.74, 6) is 1.93. The minimum atomic E-state index is 0.933. The molecule has 4 N–H and O–H groups in total. The molecule has 0 bridgehead atoms. The lowest BCUT2D eigenvalue weighted by atomic mass is 9.86. The van der Waals surface area contributed by atoms with Crippen molar-refractivity contribution in [2.75, 3.05) is 52.4 Å². The largest absolute Gasteiger partial charge is 0.315 e. The van der Waals surface area contributed by atoms with Crippen LogP contribution in [0.5, 0.6) is 0 Å². The molecule has 2 atom stereocenters. The maximum Gasteiger partial charge on any atom is 0.00772 e. The third kappa shape index (κ3) is 56.2. The molecule has 0 aromatic heterocycles. The predicted molar refractivity (Wildman–Crippen MR) is 294 cm³/mol. The molecule has 0 amide bonds. The van der Waals surface area contributed by atoms with E-state index in [0.717, 1.165) is 51.1 Å². The van der Waals surface area contributed by atoms with E-state index in [9.17, 15) is 0 Å². The molecule has 0 fully saturated rings. The molecule has 2 unspecified atom stereocenters. The van der Waals surface area contributed by atoms with Crippen molar-refractivity contribution in [2.45, 2.75) is 323 Å². The first-order valence-electron chi connectivity index (χ1n) is 30.6. The molecule has 0 aromatic rings. The van der Waals surface area contributed by atoms with Crippen molar-refractivity contribution in [3.63, 3.8) is 0 Å². The third-order valence-electron chi connectivity index (χ3n) is 14.7. The zero-order valence-electron chi connectivity index (χ0n) is 45.3. The molecule has 4 heteroatoms. The first-order valence-corrected chi connectivity index (χ1v) is 30.6.